The van der Waals surface area contributed by atoms with Crippen LogP contribution < -0.4 is 5.73 Å². The van der Waals surface area contributed by atoms with Gasteiger partial charge in [0.05, 0.1) is 0 Å². The molecule has 1 rings (SSSR count). The monoisotopic (exact) mass is 283 g/mol. The summed E-state index contributed by atoms with van der Waals surface area (Å²) in [4.78, 5) is 6.23. The van der Waals surface area contributed by atoms with Crippen LogP contribution in [0.25, 0.3) is 0 Å². The third kappa shape index (κ3) is 3.85. The normalized spacial score (nSPS) is 11.6. The van der Waals surface area contributed by atoms with Gasteiger partial charge in [0.25, 0.3) is 0 Å². The van der Waals surface area contributed by atoms with E-state index < -0.39 is 0 Å². The summed E-state index contributed by atoms with van der Waals surface area (Å²) in [6, 6.07) is 8.13. The number of aliphatic imine (C=N–C) groups is 1. The molecule has 0 amide bonds. The van der Waals surface area contributed by atoms with Crippen molar-refractivity contribution in [2.45, 2.75) is 19.9 Å². The Morgan fingerprint density at radius 3 is 2.75 bits per heavy atom. The van der Waals surface area contributed by atoms with E-state index in [-0.39, 0.29) is 0 Å². The van der Waals surface area contributed by atoms with Gasteiger partial charge in [-0.05, 0) is 18.1 Å². The molecule has 1 aromatic rings. The first kappa shape index (κ1) is 13.0. The Labute approximate surface area is 105 Å². The highest BCUT2D eigenvalue weighted by atomic mass is 79.9. The van der Waals surface area contributed by atoms with Gasteiger partial charge in [0.2, 0.25) is 0 Å². The number of halogens is 1. The average Bonchev–Trinajstić information content (AvgIpc) is 2.28. The fraction of sp³-hybridized carbons (Fsp3) is 0.417. The number of benzene rings is 1. The third-order valence-corrected chi connectivity index (χ3v) is 3.03. The van der Waals surface area contributed by atoms with E-state index in [4.69, 9.17) is 5.73 Å². The molecule has 16 heavy (non-hydrogen) atoms. The Kier molecular flexibility index (Phi) is 5.32. The highest BCUT2D eigenvalue weighted by Gasteiger charge is 2.05. The molecule has 0 aromatic heterocycles. The van der Waals surface area contributed by atoms with Gasteiger partial charge in [0.15, 0.2) is 5.96 Å². The SMILES string of the molecule is CCCN=C(N)N(C)Cc1ccccc1Br. The molecule has 0 unspecified atom stereocenters. The smallest absolute Gasteiger partial charge is 0.191 e. The zero-order chi connectivity index (χ0) is 12.0. The summed E-state index contributed by atoms with van der Waals surface area (Å²) in [6.45, 7) is 3.64. The second kappa shape index (κ2) is 6.53. The van der Waals surface area contributed by atoms with Gasteiger partial charge >= 0.3 is 0 Å². The predicted molar refractivity (Wildman–Crippen MR) is 72.4 cm³/mol. The van der Waals surface area contributed by atoms with Crippen molar-refractivity contribution in [3.63, 3.8) is 0 Å². The molecule has 0 saturated carbocycles. The van der Waals surface area contributed by atoms with Gasteiger partial charge in [-0.15, -0.1) is 0 Å². The average molecular weight is 284 g/mol. The molecule has 0 atom stereocenters. The molecule has 0 aliphatic heterocycles. The second-order valence-electron chi connectivity index (χ2n) is 3.69. The Morgan fingerprint density at radius 2 is 2.12 bits per heavy atom. The van der Waals surface area contributed by atoms with Gasteiger partial charge in [-0.25, -0.2) is 0 Å². The first-order valence-corrected chi connectivity index (χ1v) is 6.19. The Bertz CT molecular complexity index is 363. The number of rotatable bonds is 4. The number of nitrogens with zero attached hydrogens (tertiary/aromatic N) is 2. The lowest BCUT2D eigenvalue weighted by molar-refractivity contribution is 0.491. The van der Waals surface area contributed by atoms with Crippen LogP contribution in [0.1, 0.15) is 18.9 Å². The topological polar surface area (TPSA) is 41.6 Å². The van der Waals surface area contributed by atoms with Crippen molar-refractivity contribution < 1.29 is 0 Å². The fourth-order valence-corrected chi connectivity index (χ4v) is 1.72. The molecular weight excluding hydrogens is 266 g/mol. The van der Waals surface area contributed by atoms with E-state index in [1.54, 1.807) is 0 Å². The molecule has 0 radical (unpaired) electrons. The summed E-state index contributed by atoms with van der Waals surface area (Å²) in [5.74, 6) is 0.595. The molecule has 0 fully saturated rings. The van der Waals surface area contributed by atoms with Crippen molar-refractivity contribution in [3.05, 3.63) is 34.3 Å². The second-order valence-corrected chi connectivity index (χ2v) is 4.54. The summed E-state index contributed by atoms with van der Waals surface area (Å²) in [6.07, 6.45) is 1.02. The Morgan fingerprint density at radius 1 is 1.44 bits per heavy atom. The molecule has 88 valence electrons. The molecule has 4 heteroatoms. The third-order valence-electron chi connectivity index (χ3n) is 2.25. The first-order chi connectivity index (χ1) is 7.65. The van der Waals surface area contributed by atoms with Crippen molar-refractivity contribution in [2.24, 2.45) is 10.7 Å². The first-order valence-electron chi connectivity index (χ1n) is 5.39. The molecule has 0 aliphatic rings. The van der Waals surface area contributed by atoms with Crippen molar-refractivity contribution in [3.8, 4) is 0 Å². The standard InChI is InChI=1S/C12H18BrN3/c1-3-8-15-12(14)16(2)9-10-6-4-5-7-11(10)13/h4-7H,3,8-9H2,1-2H3,(H2,14,15). The van der Waals surface area contributed by atoms with Crippen LogP contribution in [0.2, 0.25) is 0 Å². The van der Waals surface area contributed by atoms with E-state index in [2.05, 4.69) is 33.9 Å². The summed E-state index contributed by atoms with van der Waals surface area (Å²) in [5, 5.41) is 0. The molecule has 0 bridgehead atoms. The Hall–Kier alpha value is -1.03. The lowest BCUT2D eigenvalue weighted by Gasteiger charge is -2.18. The minimum Gasteiger partial charge on any atom is -0.370 e. The predicted octanol–water partition coefficient (Wildman–Crippen LogP) is 2.61. The number of nitrogens with two attached hydrogens (primary N) is 1. The van der Waals surface area contributed by atoms with Crippen LogP contribution in [0.15, 0.2) is 33.7 Å². The van der Waals surface area contributed by atoms with E-state index in [0.717, 1.165) is 24.0 Å². The van der Waals surface area contributed by atoms with Crippen LogP contribution in [-0.2, 0) is 6.54 Å². The minimum atomic E-state index is 0.595. The maximum absolute atomic E-state index is 5.86. The zero-order valence-electron chi connectivity index (χ0n) is 9.78. The molecule has 1 aromatic carbocycles. The number of hydrogen-bond acceptors (Lipinski definition) is 1. The molecule has 0 saturated heterocycles. The van der Waals surface area contributed by atoms with Gasteiger partial charge in [0.1, 0.15) is 0 Å². The van der Waals surface area contributed by atoms with Crippen molar-refractivity contribution >= 4 is 21.9 Å². The van der Waals surface area contributed by atoms with E-state index >= 15 is 0 Å². The lowest BCUT2D eigenvalue weighted by Crippen LogP contribution is -2.33. The summed E-state index contributed by atoms with van der Waals surface area (Å²) in [5.41, 5.74) is 7.07. The van der Waals surface area contributed by atoms with Crippen molar-refractivity contribution in [1.29, 1.82) is 0 Å². The summed E-state index contributed by atoms with van der Waals surface area (Å²) >= 11 is 3.52. The van der Waals surface area contributed by atoms with Crippen LogP contribution in [0, 0.1) is 0 Å². The highest BCUT2D eigenvalue weighted by molar-refractivity contribution is 9.10. The van der Waals surface area contributed by atoms with Crippen molar-refractivity contribution in [2.75, 3.05) is 13.6 Å². The molecule has 0 aliphatic carbocycles. The fourth-order valence-electron chi connectivity index (χ4n) is 1.31. The summed E-state index contributed by atoms with van der Waals surface area (Å²) in [7, 11) is 1.95. The zero-order valence-corrected chi connectivity index (χ0v) is 11.4. The van der Waals surface area contributed by atoms with Crippen LogP contribution in [-0.4, -0.2) is 24.5 Å². The van der Waals surface area contributed by atoms with Crippen LogP contribution in [0.3, 0.4) is 0 Å². The largest absolute Gasteiger partial charge is 0.370 e. The molecule has 0 spiro atoms. The number of hydrogen-bond donors (Lipinski definition) is 1. The van der Waals surface area contributed by atoms with E-state index in [1.165, 1.54) is 5.56 Å². The van der Waals surface area contributed by atoms with Crippen LogP contribution in [0.4, 0.5) is 0 Å². The van der Waals surface area contributed by atoms with Gasteiger partial charge in [-0.3, -0.25) is 4.99 Å². The lowest BCUT2D eigenvalue weighted by atomic mass is 10.2. The molecule has 3 nitrogen and oxygen atoms in total. The maximum Gasteiger partial charge on any atom is 0.191 e. The van der Waals surface area contributed by atoms with Gasteiger partial charge in [-0.2, -0.15) is 0 Å². The number of guanidine groups is 1. The molecule has 0 heterocycles. The van der Waals surface area contributed by atoms with Crippen LogP contribution in [0.5, 0.6) is 0 Å². The Balaban J connectivity index is 2.64. The maximum atomic E-state index is 5.86. The minimum absolute atomic E-state index is 0.595. The van der Waals surface area contributed by atoms with E-state index in [1.807, 2.05) is 30.1 Å². The quantitative estimate of drug-likeness (QED) is 0.682. The molecular formula is C12H18BrN3. The van der Waals surface area contributed by atoms with Crippen molar-refractivity contribution in [1.82, 2.24) is 4.90 Å². The molecule has 2 N–H and O–H groups in total. The van der Waals surface area contributed by atoms with Gasteiger partial charge in [0, 0.05) is 24.6 Å². The highest BCUT2D eigenvalue weighted by Crippen LogP contribution is 2.17. The van der Waals surface area contributed by atoms with E-state index in [0.29, 0.717) is 5.96 Å². The van der Waals surface area contributed by atoms with Gasteiger partial charge in [-0.1, -0.05) is 41.1 Å². The van der Waals surface area contributed by atoms with Crippen LogP contribution >= 0.6 is 15.9 Å². The van der Waals surface area contributed by atoms with Gasteiger partial charge < -0.3 is 10.6 Å². The summed E-state index contributed by atoms with van der Waals surface area (Å²) < 4.78 is 1.10. The van der Waals surface area contributed by atoms with E-state index in [9.17, 15) is 0 Å².